The number of carbonyl (C=O) groups excluding carboxylic acids is 1. The molecule has 1 fully saturated rings. The molecule has 9 nitrogen and oxygen atoms in total. The number of aryl methyl sites for hydroxylation is 1. The van der Waals surface area contributed by atoms with Gasteiger partial charge in [0.1, 0.15) is 11.8 Å². The number of hydrogen-bond donors (Lipinski definition) is 3. The van der Waals surface area contributed by atoms with Crippen LogP contribution >= 0.6 is 0 Å². The minimum atomic E-state index is -0.326. The Kier molecular flexibility index (Phi) is 6.45. The molecule has 1 aromatic carbocycles. The highest BCUT2D eigenvalue weighted by atomic mass is 16.3. The number of carbonyl (C=O) groups is 1. The number of aromatic nitrogens is 3. The SMILES string of the molecule is Cc1c(C(=O)N2CCN(CCO)CC2)cn2ncnc(NC(CO)c3ccccc3)c12. The van der Waals surface area contributed by atoms with Crippen molar-refractivity contribution in [2.24, 2.45) is 0 Å². The molecule has 0 radical (unpaired) electrons. The van der Waals surface area contributed by atoms with Crippen LogP contribution in [0.1, 0.15) is 27.5 Å². The molecule has 4 rings (SSSR count). The summed E-state index contributed by atoms with van der Waals surface area (Å²) in [7, 11) is 0. The van der Waals surface area contributed by atoms with Gasteiger partial charge in [-0.05, 0) is 18.1 Å². The van der Waals surface area contributed by atoms with E-state index in [1.165, 1.54) is 6.33 Å². The van der Waals surface area contributed by atoms with Crippen molar-refractivity contribution in [3.05, 3.63) is 59.5 Å². The lowest BCUT2D eigenvalue weighted by molar-refractivity contribution is 0.0614. The molecule has 3 heterocycles. The first-order valence-corrected chi connectivity index (χ1v) is 10.5. The highest BCUT2D eigenvalue weighted by Crippen LogP contribution is 2.27. The predicted molar refractivity (Wildman–Crippen MR) is 117 cm³/mol. The molecule has 2 aromatic heterocycles. The minimum absolute atomic E-state index is 0.0284. The first-order valence-electron chi connectivity index (χ1n) is 10.5. The Labute approximate surface area is 180 Å². The van der Waals surface area contributed by atoms with Crippen LogP contribution in [-0.2, 0) is 0 Å². The smallest absolute Gasteiger partial charge is 0.255 e. The molecule has 0 bridgehead atoms. The third-order valence-corrected chi connectivity index (χ3v) is 5.83. The first kappa shape index (κ1) is 21.2. The lowest BCUT2D eigenvalue weighted by atomic mass is 10.1. The summed E-state index contributed by atoms with van der Waals surface area (Å²) in [5, 5.41) is 26.6. The van der Waals surface area contributed by atoms with Crippen LogP contribution in [0, 0.1) is 6.92 Å². The van der Waals surface area contributed by atoms with Crippen LogP contribution in [0.4, 0.5) is 5.82 Å². The van der Waals surface area contributed by atoms with Crippen molar-refractivity contribution < 1.29 is 15.0 Å². The highest BCUT2D eigenvalue weighted by molar-refractivity contribution is 5.99. The van der Waals surface area contributed by atoms with Crippen LogP contribution in [0.5, 0.6) is 0 Å². The number of amides is 1. The fourth-order valence-corrected chi connectivity index (χ4v) is 4.05. The molecular weight excluding hydrogens is 396 g/mol. The number of rotatable bonds is 7. The summed E-state index contributed by atoms with van der Waals surface area (Å²) >= 11 is 0. The Morgan fingerprint density at radius 2 is 1.90 bits per heavy atom. The van der Waals surface area contributed by atoms with Crippen molar-refractivity contribution in [2.75, 3.05) is 51.3 Å². The van der Waals surface area contributed by atoms with Gasteiger partial charge in [0.05, 0.1) is 24.8 Å². The zero-order valence-electron chi connectivity index (χ0n) is 17.6. The van der Waals surface area contributed by atoms with Gasteiger partial charge in [-0.15, -0.1) is 0 Å². The molecule has 0 spiro atoms. The summed E-state index contributed by atoms with van der Waals surface area (Å²) in [6.07, 6.45) is 3.19. The molecule has 1 saturated heterocycles. The van der Waals surface area contributed by atoms with E-state index in [1.54, 1.807) is 10.7 Å². The zero-order valence-corrected chi connectivity index (χ0v) is 17.6. The van der Waals surface area contributed by atoms with E-state index in [-0.39, 0.29) is 25.2 Å². The maximum Gasteiger partial charge on any atom is 0.255 e. The average molecular weight is 425 g/mol. The van der Waals surface area contributed by atoms with E-state index in [0.29, 0.717) is 31.0 Å². The number of piperazine rings is 1. The molecule has 0 saturated carbocycles. The van der Waals surface area contributed by atoms with Crippen LogP contribution in [-0.4, -0.2) is 86.5 Å². The van der Waals surface area contributed by atoms with Crippen LogP contribution in [0.2, 0.25) is 0 Å². The van der Waals surface area contributed by atoms with E-state index >= 15 is 0 Å². The van der Waals surface area contributed by atoms with E-state index in [9.17, 15) is 9.90 Å². The Bertz CT molecular complexity index is 1030. The molecule has 1 unspecified atom stereocenters. The quantitative estimate of drug-likeness (QED) is 0.518. The summed E-state index contributed by atoms with van der Waals surface area (Å²) in [6.45, 7) is 5.32. The number of fused-ring (bicyclic) bond motifs is 1. The minimum Gasteiger partial charge on any atom is -0.395 e. The van der Waals surface area contributed by atoms with E-state index in [1.807, 2.05) is 42.2 Å². The number of aliphatic hydroxyl groups is 2. The number of benzene rings is 1. The molecular formula is C22H28N6O3. The average Bonchev–Trinajstić information content (AvgIpc) is 3.15. The fraction of sp³-hybridized carbons (Fsp3) is 0.409. The highest BCUT2D eigenvalue weighted by Gasteiger charge is 2.26. The molecule has 164 valence electrons. The molecule has 1 atom stereocenters. The molecule has 0 aliphatic carbocycles. The van der Waals surface area contributed by atoms with Gasteiger partial charge in [0.2, 0.25) is 0 Å². The second kappa shape index (κ2) is 9.42. The standard InChI is InChI=1S/C22H28N6O3/c1-16-18(22(31)27-9-7-26(8-10-27)11-12-29)13-28-20(16)21(23-15-24-28)25-19(14-30)17-5-3-2-4-6-17/h2-6,13,15,19,29-30H,7-12,14H2,1H3,(H,23,24,25). The molecule has 31 heavy (non-hydrogen) atoms. The van der Waals surface area contributed by atoms with Gasteiger partial charge in [-0.3, -0.25) is 9.69 Å². The monoisotopic (exact) mass is 424 g/mol. The van der Waals surface area contributed by atoms with Gasteiger partial charge in [-0.1, -0.05) is 30.3 Å². The predicted octanol–water partition coefficient (Wildman–Crippen LogP) is 0.933. The van der Waals surface area contributed by atoms with E-state index in [2.05, 4.69) is 20.3 Å². The van der Waals surface area contributed by atoms with Crippen molar-refractivity contribution in [1.29, 1.82) is 0 Å². The number of nitrogens with one attached hydrogen (secondary N) is 1. The van der Waals surface area contributed by atoms with Crippen molar-refractivity contribution in [3.8, 4) is 0 Å². The van der Waals surface area contributed by atoms with Crippen LogP contribution in [0.3, 0.4) is 0 Å². The Morgan fingerprint density at radius 1 is 1.16 bits per heavy atom. The van der Waals surface area contributed by atoms with Gasteiger partial charge in [-0.25, -0.2) is 9.50 Å². The van der Waals surface area contributed by atoms with Crippen molar-refractivity contribution in [3.63, 3.8) is 0 Å². The lowest BCUT2D eigenvalue weighted by Crippen LogP contribution is -2.49. The summed E-state index contributed by atoms with van der Waals surface area (Å²) in [4.78, 5) is 21.6. The molecule has 1 aliphatic rings. The van der Waals surface area contributed by atoms with Gasteiger partial charge in [0.15, 0.2) is 5.82 Å². The molecule has 9 heteroatoms. The van der Waals surface area contributed by atoms with E-state index < -0.39 is 0 Å². The maximum atomic E-state index is 13.2. The lowest BCUT2D eigenvalue weighted by Gasteiger charge is -2.34. The molecule has 1 aliphatic heterocycles. The normalized spacial score (nSPS) is 15.9. The first-order chi connectivity index (χ1) is 15.1. The van der Waals surface area contributed by atoms with Crippen LogP contribution < -0.4 is 5.32 Å². The van der Waals surface area contributed by atoms with Crippen molar-refractivity contribution in [1.82, 2.24) is 24.4 Å². The van der Waals surface area contributed by atoms with Gasteiger partial charge in [0.25, 0.3) is 5.91 Å². The van der Waals surface area contributed by atoms with Gasteiger partial charge < -0.3 is 20.4 Å². The van der Waals surface area contributed by atoms with Gasteiger partial charge in [0, 0.05) is 38.9 Å². The largest absolute Gasteiger partial charge is 0.395 e. The summed E-state index contributed by atoms with van der Waals surface area (Å²) in [5.74, 6) is 0.543. The van der Waals surface area contributed by atoms with E-state index in [0.717, 1.165) is 29.7 Å². The fourth-order valence-electron chi connectivity index (χ4n) is 4.05. The molecule has 3 N–H and O–H groups in total. The summed E-state index contributed by atoms with van der Waals surface area (Å²) < 4.78 is 1.67. The molecule has 1 amide bonds. The second-order valence-electron chi connectivity index (χ2n) is 7.72. The summed E-state index contributed by atoms with van der Waals surface area (Å²) in [5.41, 5.74) is 3.07. The topological polar surface area (TPSA) is 106 Å². The number of nitrogens with zero attached hydrogens (tertiary/aromatic N) is 5. The van der Waals surface area contributed by atoms with Crippen LogP contribution in [0.25, 0.3) is 5.52 Å². The van der Waals surface area contributed by atoms with Gasteiger partial charge >= 0.3 is 0 Å². The second-order valence-corrected chi connectivity index (χ2v) is 7.72. The summed E-state index contributed by atoms with van der Waals surface area (Å²) in [6, 6.07) is 9.35. The number of β-amino-alcohol motifs (C(OH)–C–C–N with tert-alkyl or cyclic N) is 1. The third kappa shape index (κ3) is 4.39. The number of aliphatic hydroxyl groups excluding tert-OH is 2. The third-order valence-electron chi connectivity index (χ3n) is 5.83. The van der Waals surface area contributed by atoms with Gasteiger partial charge in [-0.2, -0.15) is 5.10 Å². The molecule has 3 aromatic rings. The Balaban J connectivity index is 1.59. The number of anilines is 1. The van der Waals surface area contributed by atoms with Crippen molar-refractivity contribution >= 4 is 17.2 Å². The van der Waals surface area contributed by atoms with E-state index in [4.69, 9.17) is 5.11 Å². The zero-order chi connectivity index (χ0) is 21.8. The Hall–Kier alpha value is -3.01. The maximum absolute atomic E-state index is 13.2. The number of hydrogen-bond acceptors (Lipinski definition) is 7. The van der Waals surface area contributed by atoms with Crippen molar-refractivity contribution in [2.45, 2.75) is 13.0 Å². The van der Waals surface area contributed by atoms with Crippen LogP contribution in [0.15, 0.2) is 42.9 Å². The Morgan fingerprint density at radius 3 is 2.58 bits per heavy atom.